The summed E-state index contributed by atoms with van der Waals surface area (Å²) in [5.74, 6) is -0.194. The van der Waals surface area contributed by atoms with Gasteiger partial charge in [-0.3, -0.25) is 4.79 Å². The Morgan fingerprint density at radius 3 is 2.65 bits per heavy atom. The molecule has 1 N–H and O–H groups in total. The van der Waals surface area contributed by atoms with Crippen molar-refractivity contribution in [3.63, 3.8) is 0 Å². The molecule has 0 spiro atoms. The molecular weight excluding hydrogens is 460 g/mol. The zero-order valence-electron chi connectivity index (χ0n) is 16.3. The van der Waals surface area contributed by atoms with Crippen LogP contribution in [-0.4, -0.2) is 10.9 Å². The van der Waals surface area contributed by atoms with E-state index in [2.05, 4.69) is 26.2 Å². The van der Waals surface area contributed by atoms with E-state index < -0.39 is 11.5 Å². The van der Waals surface area contributed by atoms with Gasteiger partial charge in [-0.2, -0.15) is 0 Å². The molecule has 6 nitrogen and oxygen atoms in total. The van der Waals surface area contributed by atoms with E-state index in [-0.39, 0.29) is 5.56 Å². The SMILES string of the molecule is Cc1ccc2oc(-c3ccccc3NC(=O)c3cc4cc(Br)ccc4oc3=O)nc2c1. The molecule has 152 valence electrons. The van der Waals surface area contributed by atoms with Crippen molar-refractivity contribution in [3.8, 4) is 11.5 Å². The number of fused-ring (bicyclic) bond motifs is 2. The van der Waals surface area contributed by atoms with Crippen LogP contribution in [0.2, 0.25) is 0 Å². The molecule has 0 aliphatic rings. The molecule has 2 aromatic heterocycles. The molecule has 7 heteroatoms. The first-order valence-electron chi connectivity index (χ1n) is 9.49. The fourth-order valence-electron chi connectivity index (χ4n) is 3.37. The van der Waals surface area contributed by atoms with Crippen LogP contribution in [0.3, 0.4) is 0 Å². The maximum atomic E-state index is 12.9. The second-order valence-corrected chi connectivity index (χ2v) is 8.04. The summed E-state index contributed by atoms with van der Waals surface area (Å²) in [6.07, 6.45) is 0. The summed E-state index contributed by atoms with van der Waals surface area (Å²) >= 11 is 3.38. The Hall–Kier alpha value is -3.71. The van der Waals surface area contributed by atoms with Crippen LogP contribution in [0.15, 0.2) is 84.8 Å². The first-order valence-corrected chi connectivity index (χ1v) is 10.3. The number of halogens is 1. The van der Waals surface area contributed by atoms with Crippen molar-refractivity contribution >= 4 is 49.6 Å². The Morgan fingerprint density at radius 1 is 0.968 bits per heavy atom. The topological polar surface area (TPSA) is 85.3 Å². The van der Waals surface area contributed by atoms with E-state index in [9.17, 15) is 9.59 Å². The van der Waals surface area contributed by atoms with E-state index in [1.165, 1.54) is 6.07 Å². The van der Waals surface area contributed by atoms with E-state index in [0.29, 0.717) is 33.7 Å². The number of aryl methyl sites for hydroxylation is 1. The summed E-state index contributed by atoms with van der Waals surface area (Å²) in [6.45, 7) is 1.98. The lowest BCUT2D eigenvalue weighted by Crippen LogP contribution is -2.21. The molecule has 0 fully saturated rings. The van der Waals surface area contributed by atoms with Crippen molar-refractivity contribution in [2.24, 2.45) is 0 Å². The average molecular weight is 475 g/mol. The minimum absolute atomic E-state index is 0.0893. The maximum Gasteiger partial charge on any atom is 0.349 e. The number of oxazole rings is 1. The average Bonchev–Trinajstić information content (AvgIpc) is 3.17. The third kappa shape index (κ3) is 3.64. The molecule has 3 aromatic carbocycles. The highest BCUT2D eigenvalue weighted by atomic mass is 79.9. The third-order valence-corrected chi connectivity index (χ3v) is 5.38. The van der Waals surface area contributed by atoms with Crippen LogP contribution < -0.4 is 10.9 Å². The number of nitrogens with zero attached hydrogens (tertiary/aromatic N) is 1. The van der Waals surface area contributed by atoms with Crippen molar-refractivity contribution in [2.75, 3.05) is 5.32 Å². The highest BCUT2D eigenvalue weighted by Gasteiger charge is 2.18. The van der Waals surface area contributed by atoms with Gasteiger partial charge in [0.05, 0.1) is 11.3 Å². The third-order valence-electron chi connectivity index (χ3n) is 4.89. The van der Waals surface area contributed by atoms with Gasteiger partial charge in [-0.1, -0.05) is 34.1 Å². The van der Waals surface area contributed by atoms with Crippen LogP contribution in [0.1, 0.15) is 15.9 Å². The van der Waals surface area contributed by atoms with E-state index in [1.54, 1.807) is 36.4 Å². The Kier molecular flexibility index (Phi) is 4.67. The number of nitrogens with one attached hydrogen (secondary N) is 1. The summed E-state index contributed by atoms with van der Waals surface area (Å²) in [5, 5.41) is 3.43. The zero-order valence-corrected chi connectivity index (χ0v) is 17.9. The van der Waals surface area contributed by atoms with Crippen LogP contribution in [0, 0.1) is 6.92 Å². The second kappa shape index (κ2) is 7.52. The van der Waals surface area contributed by atoms with Gasteiger partial charge in [-0.05, 0) is 61.0 Å². The number of hydrogen-bond donors (Lipinski definition) is 1. The number of aromatic nitrogens is 1. The zero-order chi connectivity index (χ0) is 21.5. The van der Waals surface area contributed by atoms with Crippen LogP contribution in [0.4, 0.5) is 5.69 Å². The molecule has 0 radical (unpaired) electrons. The van der Waals surface area contributed by atoms with Gasteiger partial charge >= 0.3 is 5.63 Å². The lowest BCUT2D eigenvalue weighted by Gasteiger charge is -2.09. The molecule has 2 heterocycles. The van der Waals surface area contributed by atoms with Crippen molar-refractivity contribution in [3.05, 3.63) is 92.7 Å². The molecule has 0 saturated heterocycles. The molecule has 0 aliphatic carbocycles. The lowest BCUT2D eigenvalue weighted by molar-refractivity contribution is 0.102. The molecule has 31 heavy (non-hydrogen) atoms. The van der Waals surface area contributed by atoms with Gasteiger partial charge in [0.1, 0.15) is 16.7 Å². The fraction of sp³-hybridized carbons (Fsp3) is 0.0417. The van der Waals surface area contributed by atoms with Crippen LogP contribution in [0.25, 0.3) is 33.5 Å². The van der Waals surface area contributed by atoms with Crippen molar-refractivity contribution in [1.82, 2.24) is 4.98 Å². The molecule has 0 saturated carbocycles. The van der Waals surface area contributed by atoms with Gasteiger partial charge in [0.15, 0.2) is 5.58 Å². The number of rotatable bonds is 3. The maximum absolute atomic E-state index is 12.9. The number of carbonyl (C=O) groups excluding carboxylic acids is 1. The van der Waals surface area contributed by atoms with Gasteiger partial charge in [0.25, 0.3) is 5.91 Å². The van der Waals surface area contributed by atoms with Gasteiger partial charge in [0, 0.05) is 9.86 Å². The number of anilines is 1. The Morgan fingerprint density at radius 2 is 1.77 bits per heavy atom. The highest BCUT2D eigenvalue weighted by Crippen LogP contribution is 2.30. The van der Waals surface area contributed by atoms with E-state index >= 15 is 0 Å². The van der Waals surface area contributed by atoms with Crippen LogP contribution >= 0.6 is 15.9 Å². The Bertz CT molecular complexity index is 1530. The smallest absolute Gasteiger partial charge is 0.349 e. The van der Waals surface area contributed by atoms with Crippen LogP contribution in [-0.2, 0) is 0 Å². The van der Waals surface area contributed by atoms with Gasteiger partial charge in [-0.25, -0.2) is 9.78 Å². The standard InChI is InChI=1S/C24H15BrN2O4/c1-13-6-8-21-19(10-13)27-23(30-21)16-4-2-3-5-18(16)26-22(28)17-12-14-11-15(25)7-9-20(14)31-24(17)29/h2-12H,1H3,(H,26,28). The molecular formula is C24H15BrN2O4. The highest BCUT2D eigenvalue weighted by molar-refractivity contribution is 9.10. The largest absolute Gasteiger partial charge is 0.436 e. The Balaban J connectivity index is 1.53. The predicted octanol–water partition coefficient (Wildman–Crippen LogP) is 5.92. The van der Waals surface area contributed by atoms with Gasteiger partial charge in [-0.15, -0.1) is 0 Å². The second-order valence-electron chi connectivity index (χ2n) is 7.12. The van der Waals surface area contributed by atoms with Crippen molar-refractivity contribution < 1.29 is 13.6 Å². The predicted molar refractivity (Wildman–Crippen MR) is 122 cm³/mol. The summed E-state index contributed by atoms with van der Waals surface area (Å²) in [6, 6.07) is 19.6. The minimum atomic E-state index is -0.706. The monoisotopic (exact) mass is 474 g/mol. The number of amides is 1. The molecule has 0 atom stereocenters. The quantitative estimate of drug-likeness (QED) is 0.327. The van der Waals surface area contributed by atoms with Gasteiger partial charge in [0.2, 0.25) is 5.89 Å². The van der Waals surface area contributed by atoms with E-state index in [4.69, 9.17) is 8.83 Å². The molecule has 5 aromatic rings. The summed E-state index contributed by atoms with van der Waals surface area (Å²) in [5.41, 5.74) is 3.16. The number of benzene rings is 3. The minimum Gasteiger partial charge on any atom is -0.436 e. The van der Waals surface area contributed by atoms with E-state index in [0.717, 1.165) is 15.6 Å². The number of hydrogen-bond acceptors (Lipinski definition) is 5. The van der Waals surface area contributed by atoms with E-state index in [1.807, 2.05) is 31.2 Å². The molecule has 0 unspecified atom stereocenters. The molecule has 0 aliphatic heterocycles. The van der Waals surface area contributed by atoms with Crippen LogP contribution in [0.5, 0.6) is 0 Å². The lowest BCUT2D eigenvalue weighted by atomic mass is 10.1. The van der Waals surface area contributed by atoms with Gasteiger partial charge < -0.3 is 14.2 Å². The summed E-state index contributed by atoms with van der Waals surface area (Å²) in [4.78, 5) is 29.9. The summed E-state index contributed by atoms with van der Waals surface area (Å²) < 4.78 is 12.0. The fourth-order valence-corrected chi connectivity index (χ4v) is 3.75. The normalized spacial score (nSPS) is 11.2. The van der Waals surface area contributed by atoms with Crippen molar-refractivity contribution in [2.45, 2.75) is 6.92 Å². The number of carbonyl (C=O) groups is 1. The number of para-hydroxylation sites is 1. The first-order chi connectivity index (χ1) is 15.0. The molecule has 5 rings (SSSR count). The summed E-state index contributed by atoms with van der Waals surface area (Å²) in [7, 11) is 0. The first kappa shape index (κ1) is 19.3. The molecule has 1 amide bonds. The Labute approximate surface area is 184 Å². The molecule has 0 bridgehead atoms. The van der Waals surface area contributed by atoms with Crippen molar-refractivity contribution in [1.29, 1.82) is 0 Å².